The van der Waals surface area contributed by atoms with E-state index >= 15 is 0 Å². The molecule has 2 heterocycles. The van der Waals surface area contributed by atoms with Gasteiger partial charge in [-0.1, -0.05) is 5.21 Å². The molecule has 0 aromatic carbocycles. The number of rotatable bonds is 5. The third kappa shape index (κ3) is 3.04. The number of nitrogens with one attached hydrogen (secondary N) is 1. The van der Waals surface area contributed by atoms with Crippen molar-refractivity contribution in [3.8, 4) is 0 Å². The number of aromatic nitrogens is 4. The molecule has 20 heavy (non-hydrogen) atoms. The van der Waals surface area contributed by atoms with Gasteiger partial charge in [-0.25, -0.2) is 0 Å². The summed E-state index contributed by atoms with van der Waals surface area (Å²) in [6, 6.07) is 1.78. The molecule has 0 radical (unpaired) electrons. The molecule has 1 saturated carbocycles. The second kappa shape index (κ2) is 5.32. The third-order valence-electron chi connectivity index (χ3n) is 3.25. The van der Waals surface area contributed by atoms with Crippen LogP contribution in [-0.2, 0) is 6.54 Å². The van der Waals surface area contributed by atoms with E-state index in [1.54, 1.807) is 10.7 Å². The Balaban J connectivity index is 1.55. The zero-order chi connectivity index (χ0) is 14.1. The first-order chi connectivity index (χ1) is 9.61. The number of hydrogen-bond donors (Lipinski definition) is 1. The highest BCUT2D eigenvalue weighted by atomic mass is 32.1. The molecule has 1 N–H and O–H groups in total. The van der Waals surface area contributed by atoms with Gasteiger partial charge in [-0.2, -0.15) is 4.37 Å². The molecule has 1 aliphatic carbocycles. The van der Waals surface area contributed by atoms with Gasteiger partial charge in [-0.15, -0.1) is 5.10 Å². The highest BCUT2D eigenvalue weighted by Gasteiger charge is 2.26. The molecule has 0 aliphatic heterocycles. The van der Waals surface area contributed by atoms with Crippen molar-refractivity contribution in [2.75, 3.05) is 0 Å². The highest BCUT2D eigenvalue weighted by Crippen LogP contribution is 2.38. The van der Waals surface area contributed by atoms with Crippen LogP contribution in [0, 0.1) is 6.92 Å². The van der Waals surface area contributed by atoms with Gasteiger partial charge in [0.15, 0.2) is 0 Å². The van der Waals surface area contributed by atoms with Crippen LogP contribution in [0.1, 0.15) is 46.7 Å². The molecule has 1 aliphatic rings. The van der Waals surface area contributed by atoms with Crippen LogP contribution in [-0.4, -0.2) is 31.3 Å². The summed E-state index contributed by atoms with van der Waals surface area (Å²) < 4.78 is 5.90. The summed E-state index contributed by atoms with van der Waals surface area (Å²) in [6.45, 7) is 4.51. The Kier molecular flexibility index (Phi) is 3.52. The monoisotopic (exact) mass is 291 g/mol. The Morgan fingerprint density at radius 3 is 3.05 bits per heavy atom. The fourth-order valence-electron chi connectivity index (χ4n) is 2.07. The van der Waals surface area contributed by atoms with Crippen molar-refractivity contribution in [3.05, 3.63) is 28.5 Å². The van der Waals surface area contributed by atoms with E-state index in [-0.39, 0.29) is 11.9 Å². The lowest BCUT2D eigenvalue weighted by Gasteiger charge is -2.12. The van der Waals surface area contributed by atoms with E-state index in [0.717, 1.165) is 10.6 Å². The highest BCUT2D eigenvalue weighted by molar-refractivity contribution is 7.05. The van der Waals surface area contributed by atoms with Crippen molar-refractivity contribution in [3.63, 3.8) is 0 Å². The van der Waals surface area contributed by atoms with Gasteiger partial charge >= 0.3 is 0 Å². The molecule has 0 spiro atoms. The summed E-state index contributed by atoms with van der Waals surface area (Å²) in [4.78, 5) is 13.0. The molecule has 106 valence electrons. The summed E-state index contributed by atoms with van der Waals surface area (Å²) in [5.41, 5.74) is 1.55. The van der Waals surface area contributed by atoms with E-state index in [4.69, 9.17) is 0 Å². The van der Waals surface area contributed by atoms with Gasteiger partial charge in [0, 0.05) is 23.0 Å². The maximum absolute atomic E-state index is 12.0. The van der Waals surface area contributed by atoms with Gasteiger partial charge in [-0.3, -0.25) is 9.48 Å². The molecule has 6 nitrogen and oxygen atoms in total. The van der Waals surface area contributed by atoms with Crippen LogP contribution in [0.2, 0.25) is 0 Å². The van der Waals surface area contributed by atoms with Gasteiger partial charge in [0.25, 0.3) is 5.91 Å². The Bertz CT molecular complexity index is 616. The molecule has 1 amide bonds. The number of carbonyl (C=O) groups excluding carboxylic acids is 1. The van der Waals surface area contributed by atoms with Crippen LogP contribution in [0.5, 0.6) is 0 Å². The minimum atomic E-state index is -0.135. The Hall–Kier alpha value is -1.76. The lowest BCUT2D eigenvalue weighted by molar-refractivity contribution is 0.0932. The fourth-order valence-corrected chi connectivity index (χ4v) is 2.61. The van der Waals surface area contributed by atoms with E-state index < -0.39 is 0 Å². The van der Waals surface area contributed by atoms with Crippen molar-refractivity contribution in [2.24, 2.45) is 0 Å². The van der Waals surface area contributed by atoms with Crippen molar-refractivity contribution in [2.45, 2.75) is 45.2 Å². The summed E-state index contributed by atoms with van der Waals surface area (Å²) in [7, 11) is 0. The van der Waals surface area contributed by atoms with Crippen LogP contribution in [0.25, 0.3) is 0 Å². The van der Waals surface area contributed by atoms with E-state index in [1.807, 2.05) is 20.0 Å². The maximum Gasteiger partial charge on any atom is 0.271 e. The Morgan fingerprint density at radius 1 is 1.60 bits per heavy atom. The van der Waals surface area contributed by atoms with Crippen LogP contribution in [0.15, 0.2) is 12.3 Å². The normalized spacial score (nSPS) is 16.1. The van der Waals surface area contributed by atoms with Crippen molar-refractivity contribution in [1.82, 2.24) is 24.7 Å². The number of nitrogens with zero attached hydrogens (tertiary/aromatic N) is 4. The van der Waals surface area contributed by atoms with Crippen molar-refractivity contribution >= 4 is 17.4 Å². The van der Waals surface area contributed by atoms with Crippen molar-refractivity contribution < 1.29 is 4.79 Å². The smallest absolute Gasteiger partial charge is 0.271 e. The quantitative estimate of drug-likeness (QED) is 0.910. The topological polar surface area (TPSA) is 72.7 Å². The molecule has 1 atom stereocenters. The van der Waals surface area contributed by atoms with Crippen LogP contribution >= 0.6 is 11.5 Å². The first-order valence-corrected chi connectivity index (χ1v) is 7.53. The van der Waals surface area contributed by atoms with Gasteiger partial charge in [0.05, 0.1) is 12.2 Å². The number of hydrogen-bond acceptors (Lipinski definition) is 5. The van der Waals surface area contributed by atoms with Crippen LogP contribution in [0.3, 0.4) is 0 Å². The van der Waals surface area contributed by atoms with E-state index in [1.165, 1.54) is 24.4 Å². The maximum atomic E-state index is 12.0. The fraction of sp³-hybridized carbons (Fsp3) is 0.538. The molecule has 0 saturated heterocycles. The zero-order valence-electron chi connectivity index (χ0n) is 11.5. The van der Waals surface area contributed by atoms with Crippen molar-refractivity contribution in [1.29, 1.82) is 0 Å². The van der Waals surface area contributed by atoms with Gasteiger partial charge in [0.2, 0.25) is 0 Å². The molecule has 1 fully saturated rings. The molecular weight excluding hydrogens is 274 g/mol. The van der Waals surface area contributed by atoms with E-state index in [2.05, 4.69) is 20.0 Å². The predicted molar refractivity (Wildman–Crippen MR) is 75.8 cm³/mol. The molecular formula is C13H17N5OS. The summed E-state index contributed by atoms with van der Waals surface area (Å²) in [6.07, 6.45) is 4.41. The third-order valence-corrected chi connectivity index (χ3v) is 3.94. The molecule has 0 bridgehead atoms. The van der Waals surface area contributed by atoms with E-state index in [0.29, 0.717) is 18.2 Å². The summed E-state index contributed by atoms with van der Waals surface area (Å²) >= 11 is 1.34. The van der Waals surface area contributed by atoms with Crippen LogP contribution < -0.4 is 5.32 Å². The number of aryl methyl sites for hydroxylation is 1. The number of carbonyl (C=O) groups is 1. The first kappa shape index (κ1) is 13.2. The van der Waals surface area contributed by atoms with Gasteiger partial charge < -0.3 is 5.32 Å². The van der Waals surface area contributed by atoms with Gasteiger partial charge in [-0.05, 0) is 44.3 Å². The molecule has 2 aromatic heterocycles. The molecule has 7 heteroatoms. The Morgan fingerprint density at radius 2 is 2.40 bits per heavy atom. The first-order valence-electron chi connectivity index (χ1n) is 6.76. The second-order valence-electron chi connectivity index (χ2n) is 5.34. The zero-order valence-corrected chi connectivity index (χ0v) is 12.4. The van der Waals surface area contributed by atoms with Crippen LogP contribution in [0.4, 0.5) is 0 Å². The second-order valence-corrected chi connectivity index (χ2v) is 6.35. The minimum Gasteiger partial charge on any atom is -0.346 e. The lowest BCUT2D eigenvalue weighted by atomic mass is 10.3. The summed E-state index contributed by atoms with van der Waals surface area (Å²) in [5, 5.41) is 11.2. The largest absolute Gasteiger partial charge is 0.346 e. The van der Waals surface area contributed by atoms with E-state index in [9.17, 15) is 4.79 Å². The van der Waals surface area contributed by atoms with Gasteiger partial charge in [0.1, 0.15) is 5.69 Å². The molecule has 2 aromatic rings. The average Bonchev–Trinajstić information content (AvgIpc) is 2.99. The number of amides is 1. The standard InChI is InChI=1S/C13H17N5OS/c1-8(14-13(19)11-5-9(2)20-16-11)6-18-7-12(15-17-18)10-3-4-10/h5,7-8,10H,3-4,6H2,1-2H3,(H,14,19)/t8-/m0/s1. The molecule has 0 unspecified atom stereocenters. The average molecular weight is 291 g/mol. The predicted octanol–water partition coefficient (Wildman–Crippen LogP) is 1.74. The summed E-state index contributed by atoms with van der Waals surface area (Å²) in [5.74, 6) is 0.469. The SMILES string of the molecule is Cc1cc(C(=O)N[C@@H](C)Cn2cc(C3CC3)nn2)ns1. The lowest BCUT2D eigenvalue weighted by Crippen LogP contribution is -2.36. The minimum absolute atomic E-state index is 0.0155. The molecule has 3 rings (SSSR count). The Labute approximate surface area is 121 Å².